The summed E-state index contributed by atoms with van der Waals surface area (Å²) in [5, 5.41) is 7.31. The Labute approximate surface area is 107 Å². The molecule has 2 fully saturated rings. The van der Waals surface area contributed by atoms with Gasteiger partial charge in [-0.2, -0.15) is 5.10 Å². The standard InChI is InChI=1S/C13H19N3O2/c1-3-16-8(2)10(7-14-16)13(17)15-11-6-12-9(11)4-5-18-12/h7,9,11-12H,3-6H2,1-2H3,(H,15,17)/t9-,11+,12+/m1/s1. The lowest BCUT2D eigenvalue weighted by Crippen LogP contribution is -2.53. The maximum absolute atomic E-state index is 12.2. The van der Waals surface area contributed by atoms with Crippen molar-refractivity contribution in [3.05, 3.63) is 17.5 Å². The lowest BCUT2D eigenvalue weighted by Gasteiger charge is -2.39. The summed E-state index contributed by atoms with van der Waals surface area (Å²) in [5.74, 6) is 0.526. The summed E-state index contributed by atoms with van der Waals surface area (Å²) in [6.45, 7) is 5.59. The van der Waals surface area contributed by atoms with Gasteiger partial charge in [0.15, 0.2) is 0 Å². The second-order valence-electron chi connectivity index (χ2n) is 5.14. The smallest absolute Gasteiger partial charge is 0.254 e. The second-order valence-corrected chi connectivity index (χ2v) is 5.14. The molecular formula is C13H19N3O2. The molecule has 1 N–H and O–H groups in total. The minimum Gasteiger partial charge on any atom is -0.378 e. The van der Waals surface area contributed by atoms with Crippen molar-refractivity contribution in [2.45, 2.75) is 45.4 Å². The molecule has 1 saturated carbocycles. The predicted molar refractivity (Wildman–Crippen MR) is 66.4 cm³/mol. The van der Waals surface area contributed by atoms with Crippen LogP contribution in [0.2, 0.25) is 0 Å². The van der Waals surface area contributed by atoms with Crippen LogP contribution in [0.25, 0.3) is 0 Å². The van der Waals surface area contributed by atoms with E-state index in [9.17, 15) is 4.79 Å². The number of ether oxygens (including phenoxy) is 1. The Bertz CT molecular complexity index is 469. The van der Waals surface area contributed by atoms with E-state index in [0.717, 1.165) is 31.7 Å². The maximum Gasteiger partial charge on any atom is 0.254 e. The number of nitrogens with zero attached hydrogens (tertiary/aromatic N) is 2. The maximum atomic E-state index is 12.2. The normalized spacial score (nSPS) is 29.8. The number of carbonyl (C=O) groups is 1. The number of aryl methyl sites for hydroxylation is 1. The fraction of sp³-hybridized carbons (Fsp3) is 0.692. The summed E-state index contributed by atoms with van der Waals surface area (Å²) >= 11 is 0. The molecule has 1 aromatic heterocycles. The van der Waals surface area contributed by atoms with Crippen LogP contribution in [-0.4, -0.2) is 34.4 Å². The van der Waals surface area contributed by atoms with Crippen LogP contribution in [0.3, 0.4) is 0 Å². The highest BCUT2D eigenvalue weighted by Gasteiger charge is 2.45. The fourth-order valence-corrected chi connectivity index (χ4v) is 3.00. The molecule has 1 aliphatic heterocycles. The van der Waals surface area contributed by atoms with Crippen LogP contribution in [-0.2, 0) is 11.3 Å². The Kier molecular flexibility index (Phi) is 2.86. The largest absolute Gasteiger partial charge is 0.378 e. The highest BCUT2D eigenvalue weighted by Crippen LogP contribution is 2.38. The number of amides is 1. The Morgan fingerprint density at radius 2 is 2.50 bits per heavy atom. The minimum absolute atomic E-state index is 0.00236. The number of aromatic nitrogens is 2. The Balaban J connectivity index is 1.66. The molecule has 5 nitrogen and oxygen atoms in total. The number of hydrogen-bond acceptors (Lipinski definition) is 3. The van der Waals surface area contributed by atoms with E-state index in [2.05, 4.69) is 10.4 Å². The third-order valence-electron chi connectivity index (χ3n) is 4.23. The average molecular weight is 249 g/mol. The monoisotopic (exact) mass is 249 g/mol. The molecule has 3 atom stereocenters. The summed E-state index contributed by atoms with van der Waals surface area (Å²) in [5.41, 5.74) is 1.63. The summed E-state index contributed by atoms with van der Waals surface area (Å²) in [6.07, 6.45) is 4.07. The van der Waals surface area contributed by atoms with E-state index in [0.29, 0.717) is 17.6 Å². The van der Waals surface area contributed by atoms with Gasteiger partial charge in [0.1, 0.15) is 0 Å². The fourth-order valence-electron chi connectivity index (χ4n) is 3.00. The Hall–Kier alpha value is -1.36. The van der Waals surface area contributed by atoms with Crippen LogP contribution in [0.1, 0.15) is 35.8 Å². The summed E-state index contributed by atoms with van der Waals surface area (Å²) < 4.78 is 7.39. The molecule has 3 rings (SSSR count). The SMILES string of the molecule is CCn1ncc(C(=O)N[C@H]2C[C@@H]3OCC[C@H]23)c1C. The van der Waals surface area contributed by atoms with Gasteiger partial charge in [-0.1, -0.05) is 0 Å². The van der Waals surface area contributed by atoms with E-state index in [1.807, 2.05) is 18.5 Å². The molecule has 2 heterocycles. The van der Waals surface area contributed by atoms with Crippen molar-refractivity contribution in [2.75, 3.05) is 6.61 Å². The Morgan fingerprint density at radius 1 is 1.67 bits per heavy atom. The molecule has 0 spiro atoms. The van der Waals surface area contributed by atoms with Crippen LogP contribution in [0.4, 0.5) is 0 Å². The third kappa shape index (κ3) is 1.73. The van der Waals surface area contributed by atoms with Gasteiger partial charge < -0.3 is 10.1 Å². The van der Waals surface area contributed by atoms with Crippen molar-refractivity contribution in [2.24, 2.45) is 5.92 Å². The number of nitrogens with one attached hydrogen (secondary N) is 1. The van der Waals surface area contributed by atoms with Crippen molar-refractivity contribution in [1.82, 2.24) is 15.1 Å². The van der Waals surface area contributed by atoms with Crippen molar-refractivity contribution in [1.29, 1.82) is 0 Å². The van der Waals surface area contributed by atoms with E-state index < -0.39 is 0 Å². The van der Waals surface area contributed by atoms with Gasteiger partial charge in [-0.05, 0) is 26.7 Å². The molecule has 5 heteroatoms. The minimum atomic E-state index is 0.00236. The zero-order valence-corrected chi connectivity index (χ0v) is 10.8. The van der Waals surface area contributed by atoms with E-state index in [4.69, 9.17) is 4.74 Å². The first-order valence-corrected chi connectivity index (χ1v) is 6.65. The van der Waals surface area contributed by atoms with Crippen molar-refractivity contribution < 1.29 is 9.53 Å². The van der Waals surface area contributed by atoms with Crippen LogP contribution < -0.4 is 5.32 Å². The van der Waals surface area contributed by atoms with Crippen LogP contribution in [0, 0.1) is 12.8 Å². The molecule has 1 saturated heterocycles. The number of rotatable bonds is 3. The lowest BCUT2D eigenvalue weighted by atomic mass is 9.76. The van der Waals surface area contributed by atoms with E-state index in [1.165, 1.54) is 0 Å². The molecule has 0 radical (unpaired) electrons. The van der Waals surface area contributed by atoms with Crippen molar-refractivity contribution in [3.8, 4) is 0 Å². The Morgan fingerprint density at radius 3 is 3.17 bits per heavy atom. The summed E-state index contributed by atoms with van der Waals surface area (Å²) in [6, 6.07) is 0.286. The van der Waals surface area contributed by atoms with E-state index >= 15 is 0 Å². The van der Waals surface area contributed by atoms with Gasteiger partial charge in [-0.15, -0.1) is 0 Å². The van der Waals surface area contributed by atoms with Crippen molar-refractivity contribution in [3.63, 3.8) is 0 Å². The number of hydrogen-bond donors (Lipinski definition) is 1. The molecule has 18 heavy (non-hydrogen) atoms. The molecular weight excluding hydrogens is 230 g/mol. The van der Waals surface area contributed by atoms with Crippen LogP contribution >= 0.6 is 0 Å². The highest BCUT2D eigenvalue weighted by molar-refractivity contribution is 5.95. The van der Waals surface area contributed by atoms with Gasteiger partial charge in [0.05, 0.1) is 17.9 Å². The molecule has 0 aromatic carbocycles. The topological polar surface area (TPSA) is 56.2 Å². The van der Waals surface area contributed by atoms with Gasteiger partial charge in [0, 0.05) is 30.8 Å². The molecule has 2 aliphatic rings. The first-order chi connectivity index (χ1) is 8.70. The van der Waals surface area contributed by atoms with E-state index in [1.54, 1.807) is 6.20 Å². The van der Waals surface area contributed by atoms with Gasteiger partial charge in [0.25, 0.3) is 5.91 Å². The highest BCUT2D eigenvalue weighted by atomic mass is 16.5. The van der Waals surface area contributed by atoms with E-state index in [-0.39, 0.29) is 11.9 Å². The molecule has 98 valence electrons. The third-order valence-corrected chi connectivity index (χ3v) is 4.23. The second kappa shape index (κ2) is 4.39. The summed E-state index contributed by atoms with van der Waals surface area (Å²) in [4.78, 5) is 12.2. The quantitative estimate of drug-likeness (QED) is 0.873. The van der Waals surface area contributed by atoms with Gasteiger partial charge >= 0.3 is 0 Å². The number of fused-ring (bicyclic) bond motifs is 1. The van der Waals surface area contributed by atoms with Crippen LogP contribution in [0.5, 0.6) is 0 Å². The first kappa shape index (κ1) is 11.7. The molecule has 1 aliphatic carbocycles. The number of carbonyl (C=O) groups excluding carboxylic acids is 1. The van der Waals surface area contributed by atoms with Crippen molar-refractivity contribution >= 4 is 5.91 Å². The van der Waals surface area contributed by atoms with Gasteiger partial charge in [-0.25, -0.2) is 0 Å². The van der Waals surface area contributed by atoms with Crippen LogP contribution in [0.15, 0.2) is 6.20 Å². The average Bonchev–Trinajstić information content (AvgIpc) is 2.89. The molecule has 1 aromatic rings. The summed E-state index contributed by atoms with van der Waals surface area (Å²) in [7, 11) is 0. The molecule has 0 bridgehead atoms. The molecule has 0 unspecified atom stereocenters. The first-order valence-electron chi connectivity index (χ1n) is 6.65. The van der Waals surface area contributed by atoms with Gasteiger partial charge in [0.2, 0.25) is 0 Å². The molecule has 1 amide bonds. The zero-order valence-electron chi connectivity index (χ0n) is 10.8. The van der Waals surface area contributed by atoms with Gasteiger partial charge in [-0.3, -0.25) is 9.48 Å². The predicted octanol–water partition coefficient (Wildman–Crippen LogP) is 1.12. The zero-order chi connectivity index (χ0) is 12.7. The lowest BCUT2D eigenvalue weighted by molar-refractivity contribution is 0.00809.